The van der Waals surface area contributed by atoms with Gasteiger partial charge in [-0.05, 0) is 19.3 Å². The molecule has 0 aliphatic carbocycles. The van der Waals surface area contributed by atoms with Crippen LogP contribution in [0.15, 0.2) is 0 Å². The molecule has 0 fully saturated rings. The third-order valence-electron chi connectivity index (χ3n) is 3.00. The fraction of sp³-hybridized carbons (Fsp3) is 0.867. The lowest BCUT2D eigenvalue weighted by atomic mass is 10.0. The summed E-state index contributed by atoms with van der Waals surface area (Å²) in [5, 5.41) is 9.72. The molecule has 1 nitrogen and oxygen atoms in total. The first-order valence-electron chi connectivity index (χ1n) is 6.92. The standard InChI is InChI=1S/C15H28O/c1-3-5-7-9-10-12-14-15(16)13-11-8-6-4-2/h1,15-16H,4-14H2,2H3/t15-/m1/s1. The van der Waals surface area contributed by atoms with Crippen molar-refractivity contribution >= 4 is 0 Å². The second-order valence-corrected chi connectivity index (χ2v) is 4.66. The van der Waals surface area contributed by atoms with E-state index in [1.165, 1.54) is 38.5 Å². The molecule has 0 aliphatic heterocycles. The van der Waals surface area contributed by atoms with Crippen LogP contribution in [0.1, 0.15) is 77.6 Å². The van der Waals surface area contributed by atoms with Crippen LogP contribution < -0.4 is 0 Å². The summed E-state index contributed by atoms with van der Waals surface area (Å²) < 4.78 is 0. The van der Waals surface area contributed by atoms with Crippen molar-refractivity contribution in [1.82, 2.24) is 0 Å². The summed E-state index contributed by atoms with van der Waals surface area (Å²) in [6.07, 6.45) is 17.7. The van der Waals surface area contributed by atoms with Gasteiger partial charge < -0.3 is 5.11 Å². The van der Waals surface area contributed by atoms with Crippen LogP contribution in [-0.4, -0.2) is 11.2 Å². The van der Waals surface area contributed by atoms with Gasteiger partial charge in [-0.2, -0.15) is 0 Å². The van der Waals surface area contributed by atoms with Crippen LogP contribution in [-0.2, 0) is 0 Å². The van der Waals surface area contributed by atoms with E-state index in [2.05, 4.69) is 12.8 Å². The van der Waals surface area contributed by atoms with Gasteiger partial charge in [0, 0.05) is 6.42 Å². The molecule has 94 valence electrons. The van der Waals surface area contributed by atoms with Gasteiger partial charge in [0.25, 0.3) is 0 Å². The molecule has 0 bridgehead atoms. The van der Waals surface area contributed by atoms with Crippen molar-refractivity contribution in [1.29, 1.82) is 0 Å². The number of hydrogen-bond donors (Lipinski definition) is 1. The fourth-order valence-electron chi connectivity index (χ4n) is 1.91. The Hall–Kier alpha value is -0.480. The second kappa shape index (κ2) is 12.6. The summed E-state index contributed by atoms with van der Waals surface area (Å²) in [5.74, 6) is 2.66. The van der Waals surface area contributed by atoms with E-state index in [-0.39, 0.29) is 6.10 Å². The van der Waals surface area contributed by atoms with Crippen LogP contribution in [0, 0.1) is 12.3 Å². The molecule has 0 saturated heterocycles. The SMILES string of the molecule is C#CCCCCCC[C@H](O)CCCCCC. The van der Waals surface area contributed by atoms with E-state index >= 15 is 0 Å². The van der Waals surface area contributed by atoms with Gasteiger partial charge in [-0.15, -0.1) is 12.3 Å². The van der Waals surface area contributed by atoms with Crippen molar-refractivity contribution in [3.05, 3.63) is 0 Å². The zero-order chi connectivity index (χ0) is 12.1. The third kappa shape index (κ3) is 11.6. The molecule has 0 aromatic rings. The number of rotatable bonds is 11. The van der Waals surface area contributed by atoms with E-state index in [0.717, 1.165) is 32.1 Å². The minimum Gasteiger partial charge on any atom is -0.393 e. The zero-order valence-electron chi connectivity index (χ0n) is 10.9. The van der Waals surface area contributed by atoms with E-state index in [9.17, 15) is 5.11 Å². The highest BCUT2D eigenvalue weighted by molar-refractivity contribution is 4.82. The van der Waals surface area contributed by atoms with Crippen LogP contribution >= 0.6 is 0 Å². The maximum absolute atomic E-state index is 9.72. The summed E-state index contributed by atoms with van der Waals surface area (Å²) in [7, 11) is 0. The highest BCUT2D eigenvalue weighted by atomic mass is 16.3. The topological polar surface area (TPSA) is 20.2 Å². The van der Waals surface area contributed by atoms with E-state index in [1.54, 1.807) is 0 Å². The van der Waals surface area contributed by atoms with Gasteiger partial charge in [-0.1, -0.05) is 51.9 Å². The normalized spacial score (nSPS) is 12.3. The van der Waals surface area contributed by atoms with Crippen LogP contribution in [0.2, 0.25) is 0 Å². The van der Waals surface area contributed by atoms with Gasteiger partial charge in [-0.25, -0.2) is 0 Å². The number of unbranched alkanes of at least 4 members (excludes halogenated alkanes) is 7. The van der Waals surface area contributed by atoms with Crippen LogP contribution in [0.25, 0.3) is 0 Å². The van der Waals surface area contributed by atoms with Gasteiger partial charge >= 0.3 is 0 Å². The number of terminal acetylenes is 1. The lowest BCUT2D eigenvalue weighted by Crippen LogP contribution is -2.05. The summed E-state index contributed by atoms with van der Waals surface area (Å²) in [6.45, 7) is 2.21. The predicted octanol–water partition coefficient (Wildman–Crippen LogP) is 4.29. The molecule has 0 amide bonds. The molecular weight excluding hydrogens is 196 g/mol. The Balaban J connectivity index is 3.11. The highest BCUT2D eigenvalue weighted by Gasteiger charge is 2.03. The second-order valence-electron chi connectivity index (χ2n) is 4.66. The van der Waals surface area contributed by atoms with Gasteiger partial charge in [-0.3, -0.25) is 0 Å². The van der Waals surface area contributed by atoms with Gasteiger partial charge in [0.2, 0.25) is 0 Å². The van der Waals surface area contributed by atoms with Gasteiger partial charge in [0.15, 0.2) is 0 Å². The van der Waals surface area contributed by atoms with Crippen molar-refractivity contribution in [3.63, 3.8) is 0 Å². The van der Waals surface area contributed by atoms with Crippen molar-refractivity contribution in [2.45, 2.75) is 83.7 Å². The van der Waals surface area contributed by atoms with E-state index in [4.69, 9.17) is 6.42 Å². The Labute approximate surface area is 102 Å². The van der Waals surface area contributed by atoms with Crippen molar-refractivity contribution < 1.29 is 5.11 Å². The average Bonchev–Trinajstić information content (AvgIpc) is 2.29. The lowest BCUT2D eigenvalue weighted by Gasteiger charge is -2.09. The van der Waals surface area contributed by atoms with E-state index in [0.29, 0.717) is 0 Å². The smallest absolute Gasteiger partial charge is 0.0540 e. The molecule has 0 radical (unpaired) electrons. The monoisotopic (exact) mass is 224 g/mol. The Morgan fingerprint density at radius 3 is 2.06 bits per heavy atom. The fourth-order valence-corrected chi connectivity index (χ4v) is 1.91. The summed E-state index contributed by atoms with van der Waals surface area (Å²) in [4.78, 5) is 0. The molecule has 0 rings (SSSR count). The molecule has 1 heteroatoms. The molecule has 1 N–H and O–H groups in total. The van der Waals surface area contributed by atoms with Crippen LogP contribution in [0.4, 0.5) is 0 Å². The molecule has 0 spiro atoms. The molecule has 0 aromatic carbocycles. The Morgan fingerprint density at radius 2 is 1.50 bits per heavy atom. The first kappa shape index (κ1) is 15.5. The molecular formula is C15H28O. The molecule has 0 heterocycles. The van der Waals surface area contributed by atoms with Crippen LogP contribution in [0.3, 0.4) is 0 Å². The molecule has 0 unspecified atom stereocenters. The lowest BCUT2D eigenvalue weighted by molar-refractivity contribution is 0.147. The van der Waals surface area contributed by atoms with E-state index < -0.39 is 0 Å². The maximum atomic E-state index is 9.72. The van der Waals surface area contributed by atoms with Crippen LogP contribution in [0.5, 0.6) is 0 Å². The number of aliphatic hydroxyl groups is 1. The first-order valence-corrected chi connectivity index (χ1v) is 6.92. The highest BCUT2D eigenvalue weighted by Crippen LogP contribution is 2.12. The molecule has 16 heavy (non-hydrogen) atoms. The number of aliphatic hydroxyl groups excluding tert-OH is 1. The largest absolute Gasteiger partial charge is 0.393 e. The molecule has 0 saturated carbocycles. The quantitative estimate of drug-likeness (QED) is 0.410. The summed E-state index contributed by atoms with van der Waals surface area (Å²) in [6, 6.07) is 0. The predicted molar refractivity (Wildman–Crippen MR) is 71.3 cm³/mol. The molecule has 0 aliphatic rings. The molecule has 1 atom stereocenters. The zero-order valence-corrected chi connectivity index (χ0v) is 10.9. The minimum atomic E-state index is -0.0653. The summed E-state index contributed by atoms with van der Waals surface area (Å²) >= 11 is 0. The molecule has 0 aromatic heterocycles. The number of hydrogen-bond acceptors (Lipinski definition) is 1. The van der Waals surface area contributed by atoms with Crippen molar-refractivity contribution in [2.75, 3.05) is 0 Å². The first-order chi connectivity index (χ1) is 7.81. The Kier molecular flexibility index (Phi) is 12.2. The van der Waals surface area contributed by atoms with Gasteiger partial charge in [0.05, 0.1) is 6.10 Å². The van der Waals surface area contributed by atoms with Crippen molar-refractivity contribution in [3.8, 4) is 12.3 Å². The Bertz CT molecular complexity index is 169. The average molecular weight is 224 g/mol. The van der Waals surface area contributed by atoms with Gasteiger partial charge in [0.1, 0.15) is 0 Å². The third-order valence-corrected chi connectivity index (χ3v) is 3.00. The van der Waals surface area contributed by atoms with Crippen molar-refractivity contribution in [2.24, 2.45) is 0 Å². The maximum Gasteiger partial charge on any atom is 0.0540 e. The summed E-state index contributed by atoms with van der Waals surface area (Å²) in [5.41, 5.74) is 0. The minimum absolute atomic E-state index is 0.0653. The Morgan fingerprint density at radius 1 is 0.938 bits per heavy atom. The van der Waals surface area contributed by atoms with E-state index in [1.807, 2.05) is 0 Å².